The fraction of sp³-hybridized carbons (Fsp3) is 0.294. The number of furan rings is 1. The summed E-state index contributed by atoms with van der Waals surface area (Å²) in [5.74, 6) is 1.86. The molecule has 0 aliphatic carbocycles. The number of para-hydroxylation sites is 1. The minimum Gasteiger partial charge on any atom is -0.459 e. The Hall–Kier alpha value is -2.60. The van der Waals surface area contributed by atoms with Gasteiger partial charge in [-0.1, -0.05) is 23.4 Å². The third-order valence-corrected chi connectivity index (χ3v) is 3.57. The molecule has 0 radical (unpaired) electrons. The van der Waals surface area contributed by atoms with Crippen molar-refractivity contribution in [3.05, 3.63) is 47.9 Å². The molecule has 2 N–H and O–H groups in total. The quantitative estimate of drug-likeness (QED) is 0.729. The molecular weight excluding hydrogens is 294 g/mol. The summed E-state index contributed by atoms with van der Waals surface area (Å²) < 4.78 is 10.7. The third kappa shape index (κ3) is 3.78. The van der Waals surface area contributed by atoms with Crippen molar-refractivity contribution in [2.24, 2.45) is 0 Å². The first kappa shape index (κ1) is 15.3. The van der Waals surface area contributed by atoms with Gasteiger partial charge < -0.3 is 19.6 Å². The van der Waals surface area contributed by atoms with Gasteiger partial charge in [0.1, 0.15) is 17.1 Å². The average Bonchev–Trinajstić information content (AvgIpc) is 3.13. The van der Waals surface area contributed by atoms with Crippen LogP contribution in [0.2, 0.25) is 0 Å². The van der Waals surface area contributed by atoms with Gasteiger partial charge in [-0.25, -0.2) is 0 Å². The van der Waals surface area contributed by atoms with Gasteiger partial charge >= 0.3 is 0 Å². The lowest BCUT2D eigenvalue weighted by Crippen LogP contribution is -2.24. The molecule has 3 aromatic rings. The smallest absolute Gasteiger partial charge is 0.226 e. The predicted octanol–water partition coefficient (Wildman–Crippen LogP) is 3.41. The minimum absolute atomic E-state index is 0.0319. The summed E-state index contributed by atoms with van der Waals surface area (Å²) in [7, 11) is 0. The maximum Gasteiger partial charge on any atom is 0.226 e. The van der Waals surface area contributed by atoms with Crippen LogP contribution in [0.3, 0.4) is 0 Å². The fourth-order valence-electron chi connectivity index (χ4n) is 2.35. The highest BCUT2D eigenvalue weighted by atomic mass is 16.5. The number of fused-ring (bicyclic) bond motifs is 1. The number of carbonyl (C=O) groups excluding carboxylic acids is 1. The first-order valence-electron chi connectivity index (χ1n) is 7.57. The van der Waals surface area contributed by atoms with E-state index in [1.165, 1.54) is 0 Å². The number of carbonyl (C=O) groups is 1. The molecule has 0 spiro atoms. The molecule has 3 rings (SSSR count). The Bertz CT molecular complexity index is 773. The van der Waals surface area contributed by atoms with Crippen LogP contribution in [-0.4, -0.2) is 17.6 Å². The topological polar surface area (TPSA) is 80.3 Å². The normalized spacial score (nSPS) is 12.4. The molecule has 0 aliphatic rings. The lowest BCUT2D eigenvalue weighted by molar-refractivity contribution is -0.116. The molecular formula is C17H19N3O3. The Labute approximate surface area is 133 Å². The summed E-state index contributed by atoms with van der Waals surface area (Å²) in [6.07, 6.45) is 0.344. The van der Waals surface area contributed by atoms with Crippen LogP contribution in [0.15, 0.2) is 45.3 Å². The van der Waals surface area contributed by atoms with E-state index < -0.39 is 0 Å². The average molecular weight is 313 g/mol. The first-order chi connectivity index (χ1) is 11.1. The number of hydrogen-bond acceptors (Lipinski definition) is 5. The van der Waals surface area contributed by atoms with Crippen molar-refractivity contribution in [1.82, 2.24) is 10.5 Å². The highest BCUT2D eigenvalue weighted by molar-refractivity contribution is 5.89. The van der Waals surface area contributed by atoms with E-state index in [0.29, 0.717) is 24.5 Å². The second-order valence-electron chi connectivity index (χ2n) is 5.48. The molecule has 0 bridgehead atoms. The van der Waals surface area contributed by atoms with Gasteiger partial charge in [0.2, 0.25) is 5.91 Å². The van der Waals surface area contributed by atoms with Crippen LogP contribution >= 0.6 is 0 Å². The van der Waals surface area contributed by atoms with Gasteiger partial charge in [-0.3, -0.25) is 4.79 Å². The molecule has 6 heteroatoms. The first-order valence-corrected chi connectivity index (χ1v) is 7.57. The van der Waals surface area contributed by atoms with Crippen molar-refractivity contribution >= 4 is 22.7 Å². The van der Waals surface area contributed by atoms with Crippen LogP contribution in [0.25, 0.3) is 11.0 Å². The molecule has 23 heavy (non-hydrogen) atoms. The number of aryl methyl sites for hydroxylation is 1. The summed E-state index contributed by atoms with van der Waals surface area (Å²) in [6, 6.07) is 11.6. The highest BCUT2D eigenvalue weighted by Crippen LogP contribution is 2.23. The van der Waals surface area contributed by atoms with E-state index in [0.717, 1.165) is 16.7 Å². The summed E-state index contributed by atoms with van der Waals surface area (Å²) in [4.78, 5) is 11.8. The molecule has 0 fully saturated rings. The largest absolute Gasteiger partial charge is 0.459 e. The predicted molar refractivity (Wildman–Crippen MR) is 87.1 cm³/mol. The van der Waals surface area contributed by atoms with Crippen LogP contribution in [0.4, 0.5) is 5.82 Å². The molecule has 0 unspecified atom stereocenters. The highest BCUT2D eigenvalue weighted by Gasteiger charge is 2.12. The molecule has 0 saturated carbocycles. The van der Waals surface area contributed by atoms with Gasteiger partial charge in [-0.2, -0.15) is 0 Å². The van der Waals surface area contributed by atoms with Crippen molar-refractivity contribution in [2.75, 3.05) is 11.9 Å². The molecule has 120 valence electrons. The molecule has 0 saturated heterocycles. The van der Waals surface area contributed by atoms with Crippen molar-refractivity contribution < 1.29 is 13.7 Å². The molecule has 1 aromatic carbocycles. The number of nitrogens with zero attached hydrogens (tertiary/aromatic N) is 1. The number of benzene rings is 1. The number of nitrogens with one attached hydrogen (secondary N) is 2. The Morgan fingerprint density at radius 3 is 2.87 bits per heavy atom. The molecule has 1 atom stereocenters. The van der Waals surface area contributed by atoms with Crippen molar-refractivity contribution in [3.63, 3.8) is 0 Å². The molecule has 0 aliphatic heterocycles. The van der Waals surface area contributed by atoms with E-state index in [1.54, 1.807) is 13.0 Å². The van der Waals surface area contributed by atoms with E-state index in [2.05, 4.69) is 15.8 Å². The summed E-state index contributed by atoms with van der Waals surface area (Å²) in [6.45, 7) is 4.33. The van der Waals surface area contributed by atoms with Gasteiger partial charge in [0.25, 0.3) is 0 Å². The van der Waals surface area contributed by atoms with Gasteiger partial charge in [0.15, 0.2) is 5.82 Å². The van der Waals surface area contributed by atoms with E-state index in [-0.39, 0.29) is 11.9 Å². The number of rotatable bonds is 6. The lowest BCUT2D eigenvalue weighted by atomic mass is 10.2. The summed E-state index contributed by atoms with van der Waals surface area (Å²) in [5.41, 5.74) is 0.871. The molecule has 2 aromatic heterocycles. The number of anilines is 1. The van der Waals surface area contributed by atoms with Crippen molar-refractivity contribution in [2.45, 2.75) is 26.3 Å². The van der Waals surface area contributed by atoms with E-state index in [9.17, 15) is 4.79 Å². The van der Waals surface area contributed by atoms with Crippen LogP contribution in [0.5, 0.6) is 0 Å². The van der Waals surface area contributed by atoms with E-state index in [4.69, 9.17) is 8.94 Å². The Kier molecular flexibility index (Phi) is 4.43. The minimum atomic E-state index is -0.109. The van der Waals surface area contributed by atoms with Crippen LogP contribution in [0.1, 0.15) is 30.9 Å². The number of amides is 1. The van der Waals surface area contributed by atoms with Gasteiger partial charge in [0.05, 0.1) is 6.04 Å². The van der Waals surface area contributed by atoms with Crippen LogP contribution < -0.4 is 10.6 Å². The van der Waals surface area contributed by atoms with Crippen LogP contribution in [0, 0.1) is 6.92 Å². The lowest BCUT2D eigenvalue weighted by Gasteiger charge is -2.10. The Morgan fingerprint density at radius 1 is 1.30 bits per heavy atom. The van der Waals surface area contributed by atoms with Crippen molar-refractivity contribution in [1.29, 1.82) is 0 Å². The third-order valence-electron chi connectivity index (χ3n) is 3.57. The zero-order valence-corrected chi connectivity index (χ0v) is 13.1. The Balaban J connectivity index is 1.48. The zero-order valence-electron chi connectivity index (χ0n) is 13.1. The second-order valence-corrected chi connectivity index (χ2v) is 5.48. The monoisotopic (exact) mass is 313 g/mol. The van der Waals surface area contributed by atoms with Crippen LogP contribution in [-0.2, 0) is 4.79 Å². The molecule has 2 heterocycles. The second kappa shape index (κ2) is 6.66. The van der Waals surface area contributed by atoms with Crippen molar-refractivity contribution in [3.8, 4) is 0 Å². The fourth-order valence-corrected chi connectivity index (χ4v) is 2.35. The number of aromatic nitrogens is 1. The molecule has 6 nitrogen and oxygen atoms in total. The SMILES string of the molecule is Cc1cc(NC(=O)CCN[C@@H](C)c2cc3ccccc3o2)no1. The maximum absolute atomic E-state index is 11.8. The van der Waals surface area contributed by atoms with E-state index in [1.807, 2.05) is 37.3 Å². The van der Waals surface area contributed by atoms with Gasteiger partial charge in [-0.15, -0.1) is 0 Å². The Morgan fingerprint density at radius 2 is 2.13 bits per heavy atom. The summed E-state index contributed by atoms with van der Waals surface area (Å²) in [5, 5.41) is 10.8. The van der Waals surface area contributed by atoms with E-state index >= 15 is 0 Å². The standard InChI is InChI=1S/C17H19N3O3/c1-11-9-16(20-23-11)19-17(21)7-8-18-12(2)15-10-13-5-3-4-6-14(13)22-15/h3-6,9-10,12,18H,7-8H2,1-2H3,(H,19,20,21)/t12-/m0/s1. The molecule has 1 amide bonds. The maximum atomic E-state index is 11.8. The van der Waals surface area contributed by atoms with Gasteiger partial charge in [0, 0.05) is 24.4 Å². The van der Waals surface area contributed by atoms with Gasteiger partial charge in [-0.05, 0) is 26.0 Å². The summed E-state index contributed by atoms with van der Waals surface area (Å²) >= 11 is 0. The zero-order chi connectivity index (χ0) is 16.2. The number of hydrogen-bond donors (Lipinski definition) is 2.